The van der Waals surface area contributed by atoms with Crippen LogP contribution in [0.5, 0.6) is 0 Å². The Bertz CT molecular complexity index is 281. The Morgan fingerprint density at radius 1 is 1.46 bits per heavy atom. The van der Waals surface area contributed by atoms with Crippen molar-refractivity contribution >= 4 is 17.4 Å². The first-order valence-corrected chi connectivity index (χ1v) is 5.63. The normalized spacial score (nSPS) is 10.7. The van der Waals surface area contributed by atoms with E-state index in [0.29, 0.717) is 0 Å². The Hall–Kier alpha value is -0.640. The number of thioether (sulfide) groups is 1. The number of nitrogen functional groups attached to an aromatic ring is 1. The molecule has 0 saturated heterocycles. The van der Waals surface area contributed by atoms with Gasteiger partial charge in [-0.2, -0.15) is 5.10 Å². The average Bonchev–Trinajstić information content (AvgIpc) is 2.39. The molecule has 1 aromatic heterocycles. The largest absolute Gasteiger partial charge is 0.395 e. The van der Waals surface area contributed by atoms with E-state index >= 15 is 0 Å². The molecule has 74 valence electrons. The Morgan fingerprint density at radius 2 is 2.15 bits per heavy atom. The first-order chi connectivity index (χ1) is 6.20. The van der Waals surface area contributed by atoms with Gasteiger partial charge in [0.15, 0.2) is 0 Å². The van der Waals surface area contributed by atoms with Gasteiger partial charge in [-0.3, -0.25) is 4.68 Å². The lowest BCUT2D eigenvalue weighted by atomic mass is 10.3. The molecular formula is C9H17N3S. The van der Waals surface area contributed by atoms with Gasteiger partial charge in [0.05, 0.1) is 11.4 Å². The van der Waals surface area contributed by atoms with Gasteiger partial charge in [-0.25, -0.2) is 0 Å². The summed E-state index contributed by atoms with van der Waals surface area (Å²) in [6.45, 7) is 4.24. The van der Waals surface area contributed by atoms with Gasteiger partial charge >= 0.3 is 0 Å². The van der Waals surface area contributed by atoms with Crippen molar-refractivity contribution in [1.29, 1.82) is 0 Å². The monoisotopic (exact) mass is 199 g/mol. The molecule has 0 aliphatic carbocycles. The standard InChI is InChI=1S/C9H17N3S/c1-4-6-13-9-8(10)7(5-2)11-12(9)3/h4-6,10H2,1-3H3. The van der Waals surface area contributed by atoms with Crippen LogP contribution in [0, 0.1) is 0 Å². The van der Waals surface area contributed by atoms with Crippen LogP contribution in [0.4, 0.5) is 5.69 Å². The van der Waals surface area contributed by atoms with Crippen molar-refractivity contribution in [1.82, 2.24) is 9.78 Å². The highest BCUT2D eigenvalue weighted by Gasteiger charge is 2.11. The van der Waals surface area contributed by atoms with E-state index in [1.807, 2.05) is 11.7 Å². The molecule has 0 aliphatic heterocycles. The fourth-order valence-electron chi connectivity index (χ4n) is 1.21. The molecule has 1 aromatic rings. The summed E-state index contributed by atoms with van der Waals surface area (Å²) in [5.74, 6) is 1.10. The van der Waals surface area contributed by atoms with Gasteiger partial charge in [0.1, 0.15) is 5.03 Å². The lowest BCUT2D eigenvalue weighted by Gasteiger charge is -2.00. The van der Waals surface area contributed by atoms with E-state index in [1.165, 1.54) is 0 Å². The fraction of sp³-hybridized carbons (Fsp3) is 0.667. The highest BCUT2D eigenvalue weighted by molar-refractivity contribution is 7.99. The van der Waals surface area contributed by atoms with Crippen LogP contribution in [0.1, 0.15) is 26.0 Å². The number of nitrogens with zero attached hydrogens (tertiary/aromatic N) is 2. The first kappa shape index (κ1) is 10.4. The molecule has 0 atom stereocenters. The fourth-order valence-corrected chi connectivity index (χ4v) is 2.11. The molecule has 0 spiro atoms. The zero-order chi connectivity index (χ0) is 9.84. The van der Waals surface area contributed by atoms with Crippen molar-refractivity contribution < 1.29 is 0 Å². The maximum absolute atomic E-state index is 5.95. The van der Waals surface area contributed by atoms with E-state index in [2.05, 4.69) is 18.9 Å². The maximum Gasteiger partial charge on any atom is 0.117 e. The van der Waals surface area contributed by atoms with Crippen molar-refractivity contribution in [2.45, 2.75) is 31.7 Å². The summed E-state index contributed by atoms with van der Waals surface area (Å²) in [7, 11) is 1.95. The molecule has 0 amide bonds. The molecule has 0 saturated carbocycles. The minimum Gasteiger partial charge on any atom is -0.395 e. The van der Waals surface area contributed by atoms with Crippen LogP contribution < -0.4 is 5.73 Å². The van der Waals surface area contributed by atoms with Crippen LogP contribution in [-0.2, 0) is 13.5 Å². The van der Waals surface area contributed by atoms with Crippen molar-refractivity contribution in [3.8, 4) is 0 Å². The number of rotatable bonds is 4. The van der Waals surface area contributed by atoms with E-state index in [9.17, 15) is 0 Å². The third-order valence-corrected chi connectivity index (χ3v) is 3.25. The topological polar surface area (TPSA) is 43.8 Å². The van der Waals surface area contributed by atoms with Crippen molar-refractivity contribution in [2.75, 3.05) is 11.5 Å². The second-order valence-corrected chi connectivity index (χ2v) is 4.07. The molecule has 2 N–H and O–H groups in total. The number of hydrogen-bond donors (Lipinski definition) is 1. The maximum atomic E-state index is 5.95. The smallest absolute Gasteiger partial charge is 0.117 e. The molecule has 0 fully saturated rings. The summed E-state index contributed by atoms with van der Waals surface area (Å²) in [6.07, 6.45) is 2.07. The molecule has 0 aromatic carbocycles. The molecule has 0 bridgehead atoms. The number of nitrogens with two attached hydrogens (primary N) is 1. The van der Waals surface area contributed by atoms with Gasteiger partial charge in [0.2, 0.25) is 0 Å². The Morgan fingerprint density at radius 3 is 2.62 bits per heavy atom. The predicted octanol–water partition coefficient (Wildman–Crippen LogP) is 2.07. The van der Waals surface area contributed by atoms with Crippen LogP contribution in [0.25, 0.3) is 0 Å². The molecule has 0 unspecified atom stereocenters. The number of aryl methyl sites for hydroxylation is 2. The van der Waals surface area contributed by atoms with Gasteiger partial charge < -0.3 is 5.73 Å². The second-order valence-electron chi connectivity index (χ2n) is 2.99. The van der Waals surface area contributed by atoms with Gasteiger partial charge in [0, 0.05) is 7.05 Å². The molecule has 3 nitrogen and oxygen atoms in total. The molecule has 4 heteroatoms. The highest BCUT2D eigenvalue weighted by atomic mass is 32.2. The van der Waals surface area contributed by atoms with Crippen LogP contribution in [-0.4, -0.2) is 15.5 Å². The van der Waals surface area contributed by atoms with E-state index in [0.717, 1.165) is 35.0 Å². The minimum absolute atomic E-state index is 0.864. The molecule has 1 rings (SSSR count). The molecule has 0 aliphatic rings. The van der Waals surface area contributed by atoms with Crippen LogP contribution in [0.2, 0.25) is 0 Å². The zero-order valence-electron chi connectivity index (χ0n) is 8.50. The lowest BCUT2D eigenvalue weighted by molar-refractivity contribution is 0.687. The summed E-state index contributed by atoms with van der Waals surface area (Å²) < 4.78 is 1.88. The van der Waals surface area contributed by atoms with Gasteiger partial charge in [-0.15, -0.1) is 11.8 Å². The van der Waals surface area contributed by atoms with Crippen molar-refractivity contribution in [2.24, 2.45) is 7.05 Å². The highest BCUT2D eigenvalue weighted by Crippen LogP contribution is 2.27. The third-order valence-electron chi connectivity index (χ3n) is 1.88. The summed E-state index contributed by atoms with van der Waals surface area (Å²) in [5.41, 5.74) is 7.83. The minimum atomic E-state index is 0.864. The Kier molecular flexibility index (Phi) is 3.66. The molecular weight excluding hydrogens is 182 g/mol. The quantitative estimate of drug-likeness (QED) is 0.755. The van der Waals surface area contributed by atoms with Crippen LogP contribution in [0.3, 0.4) is 0 Å². The van der Waals surface area contributed by atoms with Gasteiger partial charge in [-0.1, -0.05) is 13.8 Å². The van der Waals surface area contributed by atoms with E-state index < -0.39 is 0 Å². The van der Waals surface area contributed by atoms with Gasteiger partial charge in [0.25, 0.3) is 0 Å². The molecule has 13 heavy (non-hydrogen) atoms. The summed E-state index contributed by atoms with van der Waals surface area (Å²) in [6, 6.07) is 0. The van der Waals surface area contributed by atoms with Crippen LogP contribution >= 0.6 is 11.8 Å². The summed E-state index contributed by atoms with van der Waals surface area (Å²) >= 11 is 1.79. The van der Waals surface area contributed by atoms with E-state index in [4.69, 9.17) is 5.73 Å². The average molecular weight is 199 g/mol. The number of hydrogen-bond acceptors (Lipinski definition) is 3. The third kappa shape index (κ3) is 2.18. The SMILES string of the molecule is CCCSc1c(N)c(CC)nn1C. The van der Waals surface area contributed by atoms with Gasteiger partial charge in [-0.05, 0) is 18.6 Å². The second kappa shape index (κ2) is 4.56. The Labute approximate surface area is 83.7 Å². The Balaban J connectivity index is 2.85. The number of anilines is 1. The van der Waals surface area contributed by atoms with Crippen molar-refractivity contribution in [3.63, 3.8) is 0 Å². The first-order valence-electron chi connectivity index (χ1n) is 4.64. The van der Waals surface area contributed by atoms with Crippen LogP contribution in [0.15, 0.2) is 5.03 Å². The van der Waals surface area contributed by atoms with Crippen molar-refractivity contribution in [3.05, 3.63) is 5.69 Å². The zero-order valence-corrected chi connectivity index (χ0v) is 9.32. The lowest BCUT2D eigenvalue weighted by Crippen LogP contribution is -1.94. The summed E-state index contributed by atoms with van der Waals surface area (Å²) in [5, 5.41) is 5.46. The van der Waals surface area contributed by atoms with E-state index in [-0.39, 0.29) is 0 Å². The molecule has 1 heterocycles. The molecule has 0 radical (unpaired) electrons. The number of aromatic nitrogens is 2. The van der Waals surface area contributed by atoms with E-state index in [1.54, 1.807) is 11.8 Å². The summed E-state index contributed by atoms with van der Waals surface area (Å²) in [4.78, 5) is 0. The predicted molar refractivity (Wildman–Crippen MR) is 58.0 cm³/mol.